The molecule has 0 heterocycles. The first-order valence-electron chi connectivity index (χ1n) is 5.29. The van der Waals surface area contributed by atoms with Crippen LogP contribution in [0.1, 0.15) is 6.92 Å². The fourth-order valence-electron chi connectivity index (χ4n) is 1.63. The first kappa shape index (κ1) is 11.2. The summed E-state index contributed by atoms with van der Waals surface area (Å²) < 4.78 is 6.69. The van der Waals surface area contributed by atoms with Crippen LogP contribution in [0.5, 0.6) is 5.75 Å². The SMILES string of the molecule is CCOc1ccc(Br)cc1-c1ccccc1. The van der Waals surface area contributed by atoms with Gasteiger partial charge in [-0.2, -0.15) is 0 Å². The number of hydrogen-bond acceptors (Lipinski definition) is 1. The minimum Gasteiger partial charge on any atom is -0.493 e. The van der Waals surface area contributed by atoms with E-state index in [4.69, 9.17) is 4.74 Å². The van der Waals surface area contributed by atoms with E-state index >= 15 is 0 Å². The first-order valence-corrected chi connectivity index (χ1v) is 6.08. The fourth-order valence-corrected chi connectivity index (χ4v) is 1.99. The van der Waals surface area contributed by atoms with E-state index in [-0.39, 0.29) is 0 Å². The topological polar surface area (TPSA) is 9.23 Å². The van der Waals surface area contributed by atoms with Crippen LogP contribution in [0.15, 0.2) is 53.0 Å². The molecule has 0 spiro atoms. The van der Waals surface area contributed by atoms with Gasteiger partial charge in [0, 0.05) is 10.0 Å². The summed E-state index contributed by atoms with van der Waals surface area (Å²) in [4.78, 5) is 0. The van der Waals surface area contributed by atoms with Crippen molar-refractivity contribution < 1.29 is 4.74 Å². The van der Waals surface area contributed by atoms with Crippen LogP contribution in [-0.4, -0.2) is 6.61 Å². The van der Waals surface area contributed by atoms with Crippen LogP contribution in [0.2, 0.25) is 0 Å². The quantitative estimate of drug-likeness (QED) is 0.801. The summed E-state index contributed by atoms with van der Waals surface area (Å²) in [5.41, 5.74) is 2.30. The first-order chi connectivity index (χ1) is 7.81. The molecule has 0 saturated heterocycles. The predicted octanol–water partition coefficient (Wildman–Crippen LogP) is 4.51. The second-order valence-electron chi connectivity index (χ2n) is 3.44. The summed E-state index contributed by atoms with van der Waals surface area (Å²) in [6.07, 6.45) is 0. The third-order valence-electron chi connectivity index (χ3n) is 2.33. The van der Waals surface area contributed by atoms with Gasteiger partial charge >= 0.3 is 0 Å². The van der Waals surface area contributed by atoms with E-state index in [0.29, 0.717) is 6.61 Å². The minimum atomic E-state index is 0.682. The largest absolute Gasteiger partial charge is 0.493 e. The molecule has 0 unspecified atom stereocenters. The number of benzene rings is 2. The number of halogens is 1. The van der Waals surface area contributed by atoms with Crippen LogP contribution >= 0.6 is 15.9 Å². The van der Waals surface area contributed by atoms with Gasteiger partial charge in [-0.3, -0.25) is 0 Å². The molecule has 2 aromatic carbocycles. The fraction of sp³-hybridized carbons (Fsp3) is 0.143. The standard InChI is InChI=1S/C14H13BrO/c1-2-16-14-9-8-12(15)10-13(14)11-6-4-3-5-7-11/h3-10H,2H2,1H3. The lowest BCUT2D eigenvalue weighted by atomic mass is 10.1. The van der Waals surface area contributed by atoms with Crippen LogP contribution in [0.3, 0.4) is 0 Å². The molecule has 2 aromatic rings. The summed E-state index contributed by atoms with van der Waals surface area (Å²) in [5, 5.41) is 0. The van der Waals surface area contributed by atoms with Crippen molar-refractivity contribution in [3.05, 3.63) is 53.0 Å². The third-order valence-corrected chi connectivity index (χ3v) is 2.82. The smallest absolute Gasteiger partial charge is 0.127 e. The van der Waals surface area contributed by atoms with E-state index in [0.717, 1.165) is 15.8 Å². The Labute approximate surface area is 104 Å². The highest BCUT2D eigenvalue weighted by atomic mass is 79.9. The maximum absolute atomic E-state index is 5.63. The molecule has 0 bridgehead atoms. The van der Waals surface area contributed by atoms with Crippen molar-refractivity contribution in [3.8, 4) is 16.9 Å². The van der Waals surface area contributed by atoms with Gasteiger partial charge in [0.1, 0.15) is 5.75 Å². The lowest BCUT2D eigenvalue weighted by molar-refractivity contribution is 0.341. The number of ether oxygens (including phenoxy) is 1. The lowest BCUT2D eigenvalue weighted by Gasteiger charge is -2.10. The van der Waals surface area contributed by atoms with Crippen molar-refractivity contribution in [1.29, 1.82) is 0 Å². The van der Waals surface area contributed by atoms with Gasteiger partial charge < -0.3 is 4.74 Å². The summed E-state index contributed by atoms with van der Waals surface area (Å²) in [7, 11) is 0. The van der Waals surface area contributed by atoms with Crippen molar-refractivity contribution in [2.75, 3.05) is 6.61 Å². The molecule has 82 valence electrons. The zero-order chi connectivity index (χ0) is 11.4. The normalized spacial score (nSPS) is 10.1. The third kappa shape index (κ3) is 2.45. The molecule has 0 saturated carbocycles. The zero-order valence-electron chi connectivity index (χ0n) is 9.11. The van der Waals surface area contributed by atoms with Crippen LogP contribution < -0.4 is 4.74 Å². The second kappa shape index (κ2) is 5.17. The van der Waals surface area contributed by atoms with Gasteiger partial charge in [-0.25, -0.2) is 0 Å². The van der Waals surface area contributed by atoms with Gasteiger partial charge in [0.05, 0.1) is 6.61 Å². The van der Waals surface area contributed by atoms with Crippen molar-refractivity contribution in [1.82, 2.24) is 0 Å². The highest BCUT2D eigenvalue weighted by molar-refractivity contribution is 9.10. The van der Waals surface area contributed by atoms with Crippen molar-refractivity contribution in [2.45, 2.75) is 6.92 Å². The van der Waals surface area contributed by atoms with E-state index in [1.54, 1.807) is 0 Å². The monoisotopic (exact) mass is 276 g/mol. The van der Waals surface area contributed by atoms with Crippen LogP contribution in [-0.2, 0) is 0 Å². The highest BCUT2D eigenvalue weighted by Crippen LogP contribution is 2.32. The van der Waals surface area contributed by atoms with E-state index < -0.39 is 0 Å². The van der Waals surface area contributed by atoms with Gasteiger partial charge in [-0.05, 0) is 30.7 Å². The minimum absolute atomic E-state index is 0.682. The van der Waals surface area contributed by atoms with Gasteiger partial charge in [0.15, 0.2) is 0 Å². The number of hydrogen-bond donors (Lipinski definition) is 0. The Kier molecular flexibility index (Phi) is 3.62. The van der Waals surface area contributed by atoms with Crippen molar-refractivity contribution in [2.24, 2.45) is 0 Å². The zero-order valence-corrected chi connectivity index (χ0v) is 10.7. The average molecular weight is 277 g/mol. The van der Waals surface area contributed by atoms with Gasteiger partial charge in [0.25, 0.3) is 0 Å². The van der Waals surface area contributed by atoms with Gasteiger partial charge in [0.2, 0.25) is 0 Å². The molecule has 0 aliphatic heterocycles. The molecule has 2 rings (SSSR count). The van der Waals surface area contributed by atoms with Crippen molar-refractivity contribution in [3.63, 3.8) is 0 Å². The molecular weight excluding hydrogens is 264 g/mol. The van der Waals surface area contributed by atoms with Crippen LogP contribution in [0.4, 0.5) is 0 Å². The van der Waals surface area contributed by atoms with E-state index in [1.807, 2.05) is 37.3 Å². The highest BCUT2D eigenvalue weighted by Gasteiger charge is 2.05. The molecule has 16 heavy (non-hydrogen) atoms. The summed E-state index contributed by atoms with van der Waals surface area (Å²) >= 11 is 3.49. The van der Waals surface area contributed by atoms with Gasteiger partial charge in [-0.15, -0.1) is 0 Å². The Morgan fingerprint density at radius 1 is 1.06 bits per heavy atom. The van der Waals surface area contributed by atoms with E-state index in [1.165, 1.54) is 5.56 Å². The molecule has 0 N–H and O–H groups in total. The predicted molar refractivity (Wildman–Crippen MR) is 70.7 cm³/mol. The Morgan fingerprint density at radius 3 is 2.50 bits per heavy atom. The molecule has 1 nitrogen and oxygen atoms in total. The summed E-state index contributed by atoms with van der Waals surface area (Å²) in [5.74, 6) is 0.928. The summed E-state index contributed by atoms with van der Waals surface area (Å²) in [6, 6.07) is 16.3. The van der Waals surface area contributed by atoms with Gasteiger partial charge in [-0.1, -0.05) is 46.3 Å². The lowest BCUT2D eigenvalue weighted by Crippen LogP contribution is -1.93. The van der Waals surface area contributed by atoms with Crippen LogP contribution in [0, 0.1) is 0 Å². The number of rotatable bonds is 3. The molecule has 0 aliphatic carbocycles. The van der Waals surface area contributed by atoms with E-state index in [2.05, 4.69) is 34.1 Å². The molecule has 0 fully saturated rings. The molecule has 0 atom stereocenters. The molecular formula is C14H13BrO. The maximum Gasteiger partial charge on any atom is 0.127 e. The Bertz CT molecular complexity index is 465. The Morgan fingerprint density at radius 2 is 1.81 bits per heavy atom. The Balaban J connectivity index is 2.49. The molecule has 0 radical (unpaired) electrons. The molecule has 0 aliphatic rings. The average Bonchev–Trinajstić information content (AvgIpc) is 2.33. The van der Waals surface area contributed by atoms with Crippen molar-refractivity contribution >= 4 is 15.9 Å². The molecule has 0 amide bonds. The van der Waals surface area contributed by atoms with E-state index in [9.17, 15) is 0 Å². The maximum atomic E-state index is 5.63. The summed E-state index contributed by atoms with van der Waals surface area (Å²) in [6.45, 7) is 2.68. The Hall–Kier alpha value is -1.28. The second-order valence-corrected chi connectivity index (χ2v) is 4.36. The molecule has 0 aromatic heterocycles. The van der Waals surface area contributed by atoms with Crippen LogP contribution in [0.25, 0.3) is 11.1 Å². The molecule has 2 heteroatoms.